The van der Waals surface area contributed by atoms with Crippen molar-refractivity contribution in [2.75, 3.05) is 5.32 Å². The largest absolute Gasteiger partial charge is 0.457 e. The number of hydrogen-bond acceptors (Lipinski definition) is 2. The minimum absolute atomic E-state index is 0.293. The number of anilines is 1. The maximum Gasteiger partial charge on any atom is 0.418 e. The summed E-state index contributed by atoms with van der Waals surface area (Å²) >= 11 is 0. The molecule has 0 aliphatic carbocycles. The van der Waals surface area contributed by atoms with Crippen LogP contribution in [0.1, 0.15) is 11.3 Å². The summed E-state index contributed by atoms with van der Waals surface area (Å²) in [5, 5.41) is 2.24. The van der Waals surface area contributed by atoms with Crippen LogP contribution in [0.4, 0.5) is 18.9 Å². The molecule has 2 aromatic carbocycles. The highest BCUT2D eigenvalue weighted by Crippen LogP contribution is 2.34. The number of carbonyl (C=O) groups is 1. The fourth-order valence-electron chi connectivity index (χ4n) is 2.37. The molecule has 0 fully saturated rings. The van der Waals surface area contributed by atoms with E-state index < -0.39 is 17.6 Å². The molecule has 0 saturated carbocycles. The summed E-state index contributed by atoms with van der Waals surface area (Å²) in [7, 11) is 0. The molecule has 0 spiro atoms. The number of furan rings is 1. The van der Waals surface area contributed by atoms with Gasteiger partial charge in [-0.25, -0.2) is 0 Å². The maximum absolute atomic E-state index is 12.9. The average Bonchev–Trinajstić information content (AvgIpc) is 3.09. The number of alkyl halides is 3. The van der Waals surface area contributed by atoms with Crippen molar-refractivity contribution >= 4 is 17.7 Å². The van der Waals surface area contributed by atoms with E-state index in [1.54, 1.807) is 12.1 Å². The summed E-state index contributed by atoms with van der Waals surface area (Å²) in [5.74, 6) is 0.371. The van der Waals surface area contributed by atoms with Crippen molar-refractivity contribution in [3.05, 3.63) is 84.1 Å². The molecule has 1 amide bonds. The van der Waals surface area contributed by atoms with Gasteiger partial charge in [-0.2, -0.15) is 13.2 Å². The molecule has 3 nitrogen and oxygen atoms in total. The van der Waals surface area contributed by atoms with Gasteiger partial charge in [0.05, 0.1) is 11.3 Å². The molecule has 1 aromatic heterocycles. The van der Waals surface area contributed by atoms with Crippen molar-refractivity contribution in [3.8, 4) is 11.3 Å². The highest BCUT2D eigenvalue weighted by Gasteiger charge is 2.33. The third-order valence-electron chi connectivity index (χ3n) is 3.57. The predicted octanol–water partition coefficient (Wildman–Crippen LogP) is 5.62. The molecule has 0 aliphatic rings. The monoisotopic (exact) mass is 357 g/mol. The Kier molecular flexibility index (Phi) is 4.93. The van der Waals surface area contributed by atoms with E-state index in [-0.39, 0.29) is 5.69 Å². The number of halogens is 3. The van der Waals surface area contributed by atoms with E-state index in [1.807, 2.05) is 30.3 Å². The van der Waals surface area contributed by atoms with Crippen molar-refractivity contribution in [2.45, 2.75) is 6.18 Å². The molecule has 1 heterocycles. The van der Waals surface area contributed by atoms with Gasteiger partial charge in [0.15, 0.2) is 0 Å². The van der Waals surface area contributed by atoms with Gasteiger partial charge in [0, 0.05) is 11.6 Å². The van der Waals surface area contributed by atoms with Crippen LogP contribution in [0.2, 0.25) is 0 Å². The first kappa shape index (κ1) is 17.5. The number of carbonyl (C=O) groups excluding carboxylic acids is 1. The second-order valence-corrected chi connectivity index (χ2v) is 5.43. The minimum Gasteiger partial charge on any atom is -0.457 e. The average molecular weight is 357 g/mol. The Bertz CT molecular complexity index is 927. The Hall–Kier alpha value is -3.28. The summed E-state index contributed by atoms with van der Waals surface area (Å²) in [6.45, 7) is 0. The first-order valence-corrected chi connectivity index (χ1v) is 7.74. The molecule has 6 heteroatoms. The van der Waals surface area contributed by atoms with Gasteiger partial charge in [-0.15, -0.1) is 0 Å². The molecule has 1 N–H and O–H groups in total. The van der Waals surface area contributed by atoms with Gasteiger partial charge in [0.1, 0.15) is 11.5 Å². The number of hydrogen-bond donors (Lipinski definition) is 1. The third-order valence-corrected chi connectivity index (χ3v) is 3.57. The highest BCUT2D eigenvalue weighted by atomic mass is 19.4. The quantitative estimate of drug-likeness (QED) is 0.616. The molecule has 0 saturated heterocycles. The van der Waals surface area contributed by atoms with Crippen LogP contribution in [0.5, 0.6) is 0 Å². The molecule has 3 rings (SSSR count). The second-order valence-electron chi connectivity index (χ2n) is 5.43. The van der Waals surface area contributed by atoms with Crippen molar-refractivity contribution in [1.82, 2.24) is 0 Å². The molecular formula is C20H14F3NO2. The fraction of sp³-hybridized carbons (Fsp3) is 0.0500. The highest BCUT2D eigenvalue weighted by molar-refractivity contribution is 6.02. The summed E-state index contributed by atoms with van der Waals surface area (Å²) in [5.41, 5.74) is -0.305. The zero-order valence-corrected chi connectivity index (χ0v) is 13.5. The molecule has 0 atom stereocenters. The van der Waals surface area contributed by atoms with Gasteiger partial charge in [-0.1, -0.05) is 42.5 Å². The standard InChI is InChI=1S/C20H14F3NO2/c21-20(22,23)16-8-4-5-9-17(16)24-19(25)13-11-15-10-12-18(26-15)14-6-2-1-3-7-14/h1-13H,(H,24,25)/b13-11+. The lowest BCUT2D eigenvalue weighted by Gasteiger charge is -2.12. The van der Waals surface area contributed by atoms with Crippen LogP contribution in [0.15, 0.2) is 77.2 Å². The van der Waals surface area contributed by atoms with E-state index in [9.17, 15) is 18.0 Å². The topological polar surface area (TPSA) is 42.2 Å². The molecule has 3 aromatic rings. The lowest BCUT2D eigenvalue weighted by atomic mass is 10.1. The van der Waals surface area contributed by atoms with Crippen molar-refractivity contribution in [2.24, 2.45) is 0 Å². The smallest absolute Gasteiger partial charge is 0.418 e. The van der Waals surface area contributed by atoms with E-state index in [2.05, 4.69) is 5.32 Å². The number of nitrogens with one attached hydrogen (secondary N) is 1. The number of rotatable bonds is 4. The Labute approximate surface area is 147 Å². The van der Waals surface area contributed by atoms with Gasteiger partial charge in [0.25, 0.3) is 0 Å². The summed E-state index contributed by atoms with van der Waals surface area (Å²) < 4.78 is 44.4. The van der Waals surface area contributed by atoms with E-state index >= 15 is 0 Å². The lowest BCUT2D eigenvalue weighted by molar-refractivity contribution is -0.136. The lowest BCUT2D eigenvalue weighted by Crippen LogP contribution is -2.14. The summed E-state index contributed by atoms with van der Waals surface area (Å²) in [6, 6.07) is 17.6. The van der Waals surface area contributed by atoms with Gasteiger partial charge in [-0.05, 0) is 30.3 Å². The van der Waals surface area contributed by atoms with Crippen LogP contribution in [0, 0.1) is 0 Å². The summed E-state index contributed by atoms with van der Waals surface area (Å²) in [4.78, 5) is 11.9. The Morgan fingerprint density at radius 1 is 0.923 bits per heavy atom. The predicted molar refractivity (Wildman–Crippen MR) is 93.3 cm³/mol. The fourth-order valence-corrected chi connectivity index (χ4v) is 2.37. The summed E-state index contributed by atoms with van der Waals surface area (Å²) in [6.07, 6.45) is -2.02. The van der Waals surface area contributed by atoms with Gasteiger partial charge in [-0.3, -0.25) is 4.79 Å². The zero-order chi connectivity index (χ0) is 18.6. The Morgan fingerprint density at radius 3 is 2.35 bits per heavy atom. The Morgan fingerprint density at radius 2 is 1.62 bits per heavy atom. The maximum atomic E-state index is 12.9. The number of benzene rings is 2. The van der Waals surface area contributed by atoms with Crippen LogP contribution in [-0.2, 0) is 11.0 Å². The normalized spacial score (nSPS) is 11.7. The van der Waals surface area contributed by atoms with Crippen molar-refractivity contribution < 1.29 is 22.4 Å². The molecule has 0 unspecified atom stereocenters. The van der Waals surface area contributed by atoms with Crippen LogP contribution in [0.25, 0.3) is 17.4 Å². The first-order chi connectivity index (χ1) is 12.4. The molecule has 26 heavy (non-hydrogen) atoms. The second kappa shape index (κ2) is 7.31. The van der Waals surface area contributed by atoms with E-state index in [0.29, 0.717) is 11.5 Å². The molecular weight excluding hydrogens is 343 g/mol. The number of para-hydroxylation sites is 1. The van der Waals surface area contributed by atoms with Crippen molar-refractivity contribution in [1.29, 1.82) is 0 Å². The van der Waals surface area contributed by atoms with E-state index in [1.165, 1.54) is 24.3 Å². The molecule has 132 valence electrons. The van der Waals surface area contributed by atoms with Gasteiger partial charge in [0.2, 0.25) is 5.91 Å². The van der Waals surface area contributed by atoms with Crippen LogP contribution >= 0.6 is 0 Å². The zero-order valence-electron chi connectivity index (χ0n) is 13.5. The SMILES string of the molecule is O=C(/C=C/c1ccc(-c2ccccc2)o1)Nc1ccccc1C(F)(F)F. The molecule has 0 radical (unpaired) electrons. The first-order valence-electron chi connectivity index (χ1n) is 7.74. The van der Waals surface area contributed by atoms with Gasteiger partial charge >= 0.3 is 6.18 Å². The third kappa shape index (κ3) is 4.22. The van der Waals surface area contributed by atoms with Crippen LogP contribution < -0.4 is 5.32 Å². The van der Waals surface area contributed by atoms with E-state index in [0.717, 1.165) is 17.7 Å². The van der Waals surface area contributed by atoms with Crippen LogP contribution in [0.3, 0.4) is 0 Å². The van der Waals surface area contributed by atoms with Crippen molar-refractivity contribution in [3.63, 3.8) is 0 Å². The Balaban J connectivity index is 1.71. The van der Waals surface area contributed by atoms with E-state index in [4.69, 9.17) is 4.42 Å². The molecule has 0 aliphatic heterocycles. The van der Waals surface area contributed by atoms with Gasteiger partial charge < -0.3 is 9.73 Å². The van der Waals surface area contributed by atoms with Crippen LogP contribution in [-0.4, -0.2) is 5.91 Å². The molecule has 0 bridgehead atoms. The number of amides is 1. The minimum atomic E-state index is -4.54.